The van der Waals surface area contributed by atoms with Gasteiger partial charge in [-0.1, -0.05) is 44.6 Å². The van der Waals surface area contributed by atoms with Gasteiger partial charge < -0.3 is 4.74 Å². The molecule has 0 radical (unpaired) electrons. The number of methoxy groups -OCH3 is 1. The van der Waals surface area contributed by atoms with Crippen molar-refractivity contribution < 1.29 is 4.74 Å². The van der Waals surface area contributed by atoms with Crippen molar-refractivity contribution >= 4 is 0 Å². The van der Waals surface area contributed by atoms with E-state index in [2.05, 4.69) is 58.0 Å². The first kappa shape index (κ1) is 15.2. The molecule has 0 aromatic heterocycles. The van der Waals surface area contributed by atoms with Crippen LogP contribution in [0.3, 0.4) is 0 Å². The fourth-order valence-corrected chi connectivity index (χ4v) is 3.24. The Bertz CT molecular complexity index is 481. The van der Waals surface area contributed by atoms with Gasteiger partial charge >= 0.3 is 0 Å². The number of ether oxygens (including phenoxy) is 1. The molecule has 1 heteroatoms. The molecule has 2 rings (SSSR count). The SMILES string of the molecule is COc1ccc(CCC2(C)CC(C)=CCC2(C)C)cc1. The molecule has 1 aliphatic rings. The molecule has 0 heterocycles. The predicted octanol–water partition coefficient (Wildman–Crippen LogP) is 5.40. The fourth-order valence-electron chi connectivity index (χ4n) is 3.24. The lowest BCUT2D eigenvalue weighted by atomic mass is 9.57. The molecule has 0 N–H and O–H groups in total. The topological polar surface area (TPSA) is 9.23 Å². The highest BCUT2D eigenvalue weighted by Gasteiger charge is 2.41. The van der Waals surface area contributed by atoms with Gasteiger partial charge in [0.15, 0.2) is 0 Å². The summed E-state index contributed by atoms with van der Waals surface area (Å²) in [5.74, 6) is 0.941. The van der Waals surface area contributed by atoms with E-state index in [0.717, 1.165) is 12.2 Å². The first-order chi connectivity index (χ1) is 9.36. The van der Waals surface area contributed by atoms with Gasteiger partial charge in [0.05, 0.1) is 7.11 Å². The van der Waals surface area contributed by atoms with Gasteiger partial charge in [-0.2, -0.15) is 0 Å². The zero-order valence-corrected chi connectivity index (χ0v) is 13.6. The molecule has 0 saturated carbocycles. The lowest BCUT2D eigenvalue weighted by Gasteiger charge is -2.47. The largest absolute Gasteiger partial charge is 0.497 e. The summed E-state index contributed by atoms with van der Waals surface area (Å²) in [6.07, 6.45) is 7.26. The molecule has 0 bridgehead atoms. The number of benzene rings is 1. The van der Waals surface area contributed by atoms with Gasteiger partial charge in [-0.3, -0.25) is 0 Å². The van der Waals surface area contributed by atoms with Gasteiger partial charge in [0.2, 0.25) is 0 Å². The third-order valence-corrected chi connectivity index (χ3v) is 5.39. The van der Waals surface area contributed by atoms with Crippen LogP contribution >= 0.6 is 0 Å². The average Bonchev–Trinajstić information content (AvgIpc) is 2.42. The molecular weight excluding hydrogens is 244 g/mol. The second-order valence-corrected chi connectivity index (χ2v) is 7.22. The Labute approximate surface area is 124 Å². The molecule has 0 aliphatic heterocycles. The van der Waals surface area contributed by atoms with E-state index in [-0.39, 0.29) is 0 Å². The van der Waals surface area contributed by atoms with E-state index in [4.69, 9.17) is 4.74 Å². The molecular formula is C19H28O. The van der Waals surface area contributed by atoms with Crippen molar-refractivity contribution in [2.45, 2.75) is 53.4 Å². The van der Waals surface area contributed by atoms with Crippen molar-refractivity contribution in [3.8, 4) is 5.75 Å². The first-order valence-electron chi connectivity index (χ1n) is 7.65. The lowest BCUT2D eigenvalue weighted by Crippen LogP contribution is -2.38. The Morgan fingerprint density at radius 2 is 1.75 bits per heavy atom. The Morgan fingerprint density at radius 1 is 1.10 bits per heavy atom. The molecule has 0 amide bonds. The van der Waals surface area contributed by atoms with Crippen LogP contribution in [-0.2, 0) is 6.42 Å². The number of allylic oxidation sites excluding steroid dienone is 2. The van der Waals surface area contributed by atoms with Crippen molar-refractivity contribution in [3.63, 3.8) is 0 Å². The van der Waals surface area contributed by atoms with Gasteiger partial charge in [-0.25, -0.2) is 0 Å². The summed E-state index contributed by atoms with van der Waals surface area (Å²) in [4.78, 5) is 0. The maximum absolute atomic E-state index is 5.22. The molecule has 0 fully saturated rings. The molecule has 110 valence electrons. The Kier molecular flexibility index (Phi) is 4.27. The van der Waals surface area contributed by atoms with E-state index in [9.17, 15) is 0 Å². The molecule has 20 heavy (non-hydrogen) atoms. The maximum Gasteiger partial charge on any atom is 0.118 e. The van der Waals surface area contributed by atoms with Crippen LogP contribution in [0.4, 0.5) is 0 Å². The summed E-state index contributed by atoms with van der Waals surface area (Å²) in [5, 5.41) is 0. The monoisotopic (exact) mass is 272 g/mol. The summed E-state index contributed by atoms with van der Waals surface area (Å²) in [6.45, 7) is 9.59. The number of hydrogen-bond donors (Lipinski definition) is 0. The third-order valence-electron chi connectivity index (χ3n) is 5.39. The highest BCUT2D eigenvalue weighted by Crippen LogP contribution is 2.52. The summed E-state index contributed by atoms with van der Waals surface area (Å²) < 4.78 is 5.22. The minimum atomic E-state index is 0.388. The van der Waals surface area contributed by atoms with Crippen LogP contribution in [0.2, 0.25) is 0 Å². The fraction of sp³-hybridized carbons (Fsp3) is 0.579. The van der Waals surface area contributed by atoms with Crippen LogP contribution in [0.15, 0.2) is 35.9 Å². The highest BCUT2D eigenvalue weighted by molar-refractivity contribution is 5.27. The van der Waals surface area contributed by atoms with E-state index in [1.807, 2.05) is 0 Å². The second kappa shape index (κ2) is 5.63. The molecule has 1 aromatic rings. The minimum Gasteiger partial charge on any atom is -0.497 e. The van der Waals surface area contributed by atoms with Crippen LogP contribution in [0.5, 0.6) is 5.75 Å². The Balaban J connectivity index is 2.06. The second-order valence-electron chi connectivity index (χ2n) is 7.22. The average molecular weight is 272 g/mol. The summed E-state index contributed by atoms with van der Waals surface area (Å²) in [6, 6.07) is 8.52. The van der Waals surface area contributed by atoms with Gasteiger partial charge in [0.1, 0.15) is 5.75 Å². The molecule has 1 nitrogen and oxygen atoms in total. The smallest absolute Gasteiger partial charge is 0.118 e. The number of rotatable bonds is 4. The molecule has 0 spiro atoms. The van der Waals surface area contributed by atoms with Crippen LogP contribution in [0.25, 0.3) is 0 Å². The van der Waals surface area contributed by atoms with Gasteiger partial charge in [0.25, 0.3) is 0 Å². The number of aryl methyl sites for hydroxylation is 1. The highest BCUT2D eigenvalue weighted by atomic mass is 16.5. The van der Waals surface area contributed by atoms with E-state index in [1.165, 1.54) is 24.8 Å². The normalized spacial score (nSPS) is 25.1. The molecule has 0 saturated heterocycles. The Morgan fingerprint density at radius 3 is 2.35 bits per heavy atom. The van der Waals surface area contributed by atoms with E-state index in [1.54, 1.807) is 12.7 Å². The predicted molar refractivity (Wildman–Crippen MR) is 86.2 cm³/mol. The van der Waals surface area contributed by atoms with Crippen molar-refractivity contribution in [3.05, 3.63) is 41.5 Å². The van der Waals surface area contributed by atoms with Gasteiger partial charge in [-0.15, -0.1) is 0 Å². The van der Waals surface area contributed by atoms with Crippen LogP contribution in [-0.4, -0.2) is 7.11 Å². The van der Waals surface area contributed by atoms with Crippen molar-refractivity contribution in [1.29, 1.82) is 0 Å². The van der Waals surface area contributed by atoms with Crippen molar-refractivity contribution in [2.75, 3.05) is 7.11 Å². The quantitative estimate of drug-likeness (QED) is 0.667. The van der Waals surface area contributed by atoms with Crippen LogP contribution in [0, 0.1) is 10.8 Å². The van der Waals surface area contributed by atoms with Gasteiger partial charge in [-0.05, 0) is 61.1 Å². The molecule has 1 atom stereocenters. The molecule has 1 aromatic carbocycles. The third kappa shape index (κ3) is 3.08. The van der Waals surface area contributed by atoms with Crippen LogP contribution < -0.4 is 4.74 Å². The van der Waals surface area contributed by atoms with E-state index in [0.29, 0.717) is 10.8 Å². The standard InChI is InChI=1S/C19H28O/c1-15-10-12-18(2,3)19(4,14-15)13-11-16-6-8-17(20-5)9-7-16/h6-10H,11-14H2,1-5H3. The van der Waals surface area contributed by atoms with Crippen molar-refractivity contribution in [1.82, 2.24) is 0 Å². The zero-order valence-electron chi connectivity index (χ0n) is 13.6. The van der Waals surface area contributed by atoms with Crippen LogP contribution in [0.1, 0.15) is 52.5 Å². The molecule has 1 aliphatic carbocycles. The summed E-state index contributed by atoms with van der Waals surface area (Å²) >= 11 is 0. The maximum atomic E-state index is 5.22. The minimum absolute atomic E-state index is 0.388. The summed E-state index contributed by atoms with van der Waals surface area (Å²) in [7, 11) is 1.72. The van der Waals surface area contributed by atoms with Crippen molar-refractivity contribution in [2.24, 2.45) is 10.8 Å². The zero-order chi connectivity index (χ0) is 14.8. The first-order valence-corrected chi connectivity index (χ1v) is 7.65. The lowest BCUT2D eigenvalue weighted by molar-refractivity contribution is 0.0702. The number of hydrogen-bond acceptors (Lipinski definition) is 1. The Hall–Kier alpha value is -1.24. The van der Waals surface area contributed by atoms with Gasteiger partial charge in [0, 0.05) is 0 Å². The summed E-state index contributed by atoms with van der Waals surface area (Å²) in [5.41, 5.74) is 3.75. The van der Waals surface area contributed by atoms with E-state index >= 15 is 0 Å². The van der Waals surface area contributed by atoms with E-state index < -0.39 is 0 Å². The molecule has 1 unspecified atom stereocenters.